The number of hydrogen-bond donors (Lipinski definition) is 1. The van der Waals surface area contributed by atoms with E-state index < -0.39 is 0 Å². The van der Waals surface area contributed by atoms with Crippen molar-refractivity contribution in [1.82, 2.24) is 5.43 Å². The molecule has 0 radical (unpaired) electrons. The van der Waals surface area contributed by atoms with Crippen LogP contribution in [0, 0.1) is 0 Å². The lowest BCUT2D eigenvalue weighted by atomic mass is 10.1. The van der Waals surface area contributed by atoms with Crippen molar-refractivity contribution < 1.29 is 18.7 Å². The van der Waals surface area contributed by atoms with Gasteiger partial charge in [0.15, 0.2) is 11.5 Å². The monoisotopic (exact) mass is 328 g/mol. The highest BCUT2D eigenvalue weighted by Crippen LogP contribution is 2.27. The molecule has 126 valence electrons. The zero-order valence-corrected chi connectivity index (χ0v) is 13.9. The Morgan fingerprint density at radius 3 is 2.71 bits per heavy atom. The van der Waals surface area contributed by atoms with Gasteiger partial charge in [-0.15, -0.1) is 0 Å². The molecule has 0 spiro atoms. The van der Waals surface area contributed by atoms with Gasteiger partial charge in [0, 0.05) is 0 Å². The number of allylic oxidation sites excluding steroid dienone is 1. The molecule has 1 aromatic carbocycles. The Bertz CT molecular complexity index is 733. The fraction of sp³-hybridized carbons (Fsp3) is 0.222. The second-order valence-corrected chi connectivity index (χ2v) is 5.00. The standard InChI is InChI=1S/C18H20N2O4/c1-13(6-8-15-5-4-10-24-15)19-20-18(21)12-14-7-9-16(22-2)17(11-14)23-3/h4-11H,12H2,1-3H3,(H,20,21)/b8-6+,19-13-. The Balaban J connectivity index is 1.92. The number of amides is 1. The summed E-state index contributed by atoms with van der Waals surface area (Å²) in [5.41, 5.74) is 3.99. The van der Waals surface area contributed by atoms with E-state index in [9.17, 15) is 4.79 Å². The Kier molecular flexibility index (Phi) is 6.19. The van der Waals surface area contributed by atoms with Crippen LogP contribution >= 0.6 is 0 Å². The SMILES string of the molecule is COc1ccc(CC(=O)N/N=C(C)\C=C\c2ccco2)cc1OC. The molecule has 1 amide bonds. The number of methoxy groups -OCH3 is 2. The average Bonchev–Trinajstić information content (AvgIpc) is 3.11. The van der Waals surface area contributed by atoms with E-state index in [-0.39, 0.29) is 12.3 Å². The van der Waals surface area contributed by atoms with Crippen LogP contribution in [0.4, 0.5) is 0 Å². The molecular formula is C18H20N2O4. The van der Waals surface area contributed by atoms with Crippen LogP contribution in [0.1, 0.15) is 18.2 Å². The van der Waals surface area contributed by atoms with Crippen molar-refractivity contribution in [3.63, 3.8) is 0 Å². The summed E-state index contributed by atoms with van der Waals surface area (Å²) in [4.78, 5) is 12.0. The smallest absolute Gasteiger partial charge is 0.244 e. The van der Waals surface area contributed by atoms with Crippen molar-refractivity contribution in [3.05, 3.63) is 54.0 Å². The predicted octanol–water partition coefficient (Wildman–Crippen LogP) is 3.04. The predicted molar refractivity (Wildman–Crippen MR) is 92.2 cm³/mol. The van der Waals surface area contributed by atoms with Crippen molar-refractivity contribution in [2.75, 3.05) is 14.2 Å². The Morgan fingerprint density at radius 2 is 2.04 bits per heavy atom. The fourth-order valence-electron chi connectivity index (χ4n) is 1.99. The van der Waals surface area contributed by atoms with Gasteiger partial charge in [-0.3, -0.25) is 4.79 Å². The normalized spacial score (nSPS) is 11.5. The molecule has 1 aromatic heterocycles. The first-order valence-corrected chi connectivity index (χ1v) is 7.38. The molecule has 0 aliphatic carbocycles. The van der Waals surface area contributed by atoms with Gasteiger partial charge in [-0.1, -0.05) is 6.07 Å². The molecule has 1 heterocycles. The highest BCUT2D eigenvalue weighted by atomic mass is 16.5. The summed E-state index contributed by atoms with van der Waals surface area (Å²) in [7, 11) is 3.12. The number of nitrogens with one attached hydrogen (secondary N) is 1. The summed E-state index contributed by atoms with van der Waals surface area (Å²) >= 11 is 0. The molecule has 2 aromatic rings. The first kappa shape index (κ1) is 17.3. The van der Waals surface area contributed by atoms with E-state index in [2.05, 4.69) is 10.5 Å². The third-order valence-electron chi connectivity index (χ3n) is 3.20. The minimum absolute atomic E-state index is 0.193. The molecular weight excluding hydrogens is 308 g/mol. The lowest BCUT2D eigenvalue weighted by molar-refractivity contribution is -0.120. The van der Waals surface area contributed by atoms with Crippen LogP contribution < -0.4 is 14.9 Å². The molecule has 0 fully saturated rings. The van der Waals surface area contributed by atoms with Crippen molar-refractivity contribution in [3.8, 4) is 11.5 Å². The molecule has 24 heavy (non-hydrogen) atoms. The van der Waals surface area contributed by atoms with Gasteiger partial charge >= 0.3 is 0 Å². The van der Waals surface area contributed by atoms with Crippen LogP contribution in [-0.4, -0.2) is 25.8 Å². The van der Waals surface area contributed by atoms with E-state index in [4.69, 9.17) is 13.9 Å². The Labute approximate surface area is 140 Å². The molecule has 0 aliphatic heterocycles. The van der Waals surface area contributed by atoms with Crippen LogP contribution in [0.2, 0.25) is 0 Å². The van der Waals surface area contributed by atoms with Crippen LogP contribution in [0.5, 0.6) is 11.5 Å². The summed E-state index contributed by atoms with van der Waals surface area (Å²) < 4.78 is 15.6. The van der Waals surface area contributed by atoms with Crippen LogP contribution in [0.15, 0.2) is 52.2 Å². The third kappa shape index (κ3) is 5.01. The molecule has 0 atom stereocenters. The lowest BCUT2D eigenvalue weighted by Crippen LogP contribution is -2.20. The van der Waals surface area contributed by atoms with E-state index in [1.165, 1.54) is 0 Å². The maximum absolute atomic E-state index is 12.0. The quantitative estimate of drug-likeness (QED) is 0.626. The van der Waals surface area contributed by atoms with Gasteiger partial charge in [-0.2, -0.15) is 5.10 Å². The second kappa shape index (κ2) is 8.57. The summed E-state index contributed by atoms with van der Waals surface area (Å²) in [6.07, 6.45) is 5.32. The number of nitrogens with zero attached hydrogens (tertiary/aromatic N) is 1. The minimum atomic E-state index is -0.215. The Hall–Kier alpha value is -3.02. The molecule has 0 saturated heterocycles. The van der Waals surface area contributed by atoms with Gasteiger partial charge in [0.25, 0.3) is 0 Å². The van der Waals surface area contributed by atoms with E-state index in [0.29, 0.717) is 17.2 Å². The third-order valence-corrected chi connectivity index (χ3v) is 3.20. The van der Waals surface area contributed by atoms with Crippen molar-refractivity contribution in [2.24, 2.45) is 5.10 Å². The fourth-order valence-corrected chi connectivity index (χ4v) is 1.99. The van der Waals surface area contributed by atoms with Crippen LogP contribution in [0.25, 0.3) is 6.08 Å². The number of carbonyl (C=O) groups excluding carboxylic acids is 1. The van der Waals surface area contributed by atoms with Crippen molar-refractivity contribution in [1.29, 1.82) is 0 Å². The highest BCUT2D eigenvalue weighted by molar-refractivity contribution is 5.96. The molecule has 0 unspecified atom stereocenters. The molecule has 0 aliphatic rings. The second-order valence-electron chi connectivity index (χ2n) is 5.00. The summed E-state index contributed by atoms with van der Waals surface area (Å²) in [6, 6.07) is 8.98. The largest absolute Gasteiger partial charge is 0.493 e. The number of carbonyl (C=O) groups is 1. The van der Waals surface area contributed by atoms with E-state index in [1.807, 2.05) is 12.1 Å². The van der Waals surface area contributed by atoms with Crippen LogP contribution in [0.3, 0.4) is 0 Å². The van der Waals surface area contributed by atoms with Gasteiger partial charge in [0.2, 0.25) is 5.91 Å². The summed E-state index contributed by atoms with van der Waals surface area (Å²) in [5, 5.41) is 4.03. The lowest BCUT2D eigenvalue weighted by Gasteiger charge is -2.09. The number of rotatable bonds is 7. The topological polar surface area (TPSA) is 73.1 Å². The van der Waals surface area contributed by atoms with Gasteiger partial charge in [-0.05, 0) is 48.9 Å². The van der Waals surface area contributed by atoms with Gasteiger partial charge in [0.1, 0.15) is 5.76 Å². The van der Waals surface area contributed by atoms with E-state index in [1.54, 1.807) is 57.8 Å². The maximum Gasteiger partial charge on any atom is 0.244 e. The first-order valence-electron chi connectivity index (χ1n) is 7.38. The molecule has 0 bridgehead atoms. The zero-order valence-electron chi connectivity index (χ0n) is 13.9. The summed E-state index contributed by atoms with van der Waals surface area (Å²) in [6.45, 7) is 1.79. The molecule has 6 heteroatoms. The van der Waals surface area contributed by atoms with Crippen molar-refractivity contribution >= 4 is 17.7 Å². The number of ether oxygens (including phenoxy) is 2. The van der Waals surface area contributed by atoms with Crippen LogP contribution in [-0.2, 0) is 11.2 Å². The molecule has 2 rings (SSSR count). The molecule has 1 N–H and O–H groups in total. The summed E-state index contributed by atoms with van der Waals surface area (Å²) in [5.74, 6) is 1.72. The highest BCUT2D eigenvalue weighted by Gasteiger charge is 2.08. The van der Waals surface area contributed by atoms with Gasteiger partial charge in [0.05, 0.1) is 32.6 Å². The number of hydrazone groups is 1. The first-order chi connectivity index (χ1) is 11.6. The molecule has 6 nitrogen and oxygen atoms in total. The Morgan fingerprint density at radius 1 is 1.25 bits per heavy atom. The zero-order chi connectivity index (χ0) is 17.4. The maximum atomic E-state index is 12.0. The minimum Gasteiger partial charge on any atom is -0.493 e. The van der Waals surface area contributed by atoms with Gasteiger partial charge < -0.3 is 13.9 Å². The number of furan rings is 1. The van der Waals surface area contributed by atoms with E-state index >= 15 is 0 Å². The number of benzene rings is 1. The van der Waals surface area contributed by atoms with E-state index in [0.717, 1.165) is 11.3 Å². The average molecular weight is 328 g/mol. The van der Waals surface area contributed by atoms with Gasteiger partial charge in [-0.25, -0.2) is 5.43 Å². The molecule has 0 saturated carbocycles. The number of hydrogen-bond acceptors (Lipinski definition) is 5. The van der Waals surface area contributed by atoms with Crippen molar-refractivity contribution in [2.45, 2.75) is 13.3 Å².